The molecule has 0 saturated heterocycles. The first-order valence-electron chi connectivity index (χ1n) is 7.92. The SMILES string of the molecule is O=S(=O)(NCc1cccc(-c2ccncc2)c1)c1cccc(C(F)(F)F)c1. The molecule has 0 aliphatic rings. The van der Waals surface area contributed by atoms with Crippen LogP contribution in [0.3, 0.4) is 0 Å². The van der Waals surface area contributed by atoms with Crippen molar-refractivity contribution in [3.8, 4) is 11.1 Å². The van der Waals surface area contributed by atoms with Crippen LogP contribution in [0, 0.1) is 0 Å². The van der Waals surface area contributed by atoms with E-state index in [1.807, 2.05) is 24.3 Å². The third-order valence-electron chi connectivity index (χ3n) is 3.88. The lowest BCUT2D eigenvalue weighted by atomic mass is 10.0. The van der Waals surface area contributed by atoms with E-state index in [1.165, 1.54) is 0 Å². The Morgan fingerprint density at radius 1 is 0.889 bits per heavy atom. The van der Waals surface area contributed by atoms with E-state index in [0.29, 0.717) is 11.6 Å². The molecule has 3 rings (SSSR count). The molecule has 0 atom stereocenters. The van der Waals surface area contributed by atoms with Crippen LogP contribution in [-0.4, -0.2) is 13.4 Å². The lowest BCUT2D eigenvalue weighted by Crippen LogP contribution is -2.23. The van der Waals surface area contributed by atoms with Gasteiger partial charge in [0.25, 0.3) is 0 Å². The summed E-state index contributed by atoms with van der Waals surface area (Å²) in [5, 5.41) is 0. The van der Waals surface area contributed by atoms with Crippen LogP contribution in [0.1, 0.15) is 11.1 Å². The smallest absolute Gasteiger partial charge is 0.265 e. The number of hydrogen-bond acceptors (Lipinski definition) is 3. The Kier molecular flexibility index (Phi) is 5.29. The van der Waals surface area contributed by atoms with Gasteiger partial charge in [0.15, 0.2) is 0 Å². The van der Waals surface area contributed by atoms with Crippen LogP contribution in [-0.2, 0) is 22.7 Å². The van der Waals surface area contributed by atoms with Crippen molar-refractivity contribution in [3.05, 3.63) is 84.2 Å². The summed E-state index contributed by atoms with van der Waals surface area (Å²) in [6.45, 7) is -0.0441. The predicted molar refractivity (Wildman–Crippen MR) is 95.1 cm³/mol. The van der Waals surface area contributed by atoms with Crippen LogP contribution in [0.15, 0.2) is 78.0 Å². The maximum Gasteiger partial charge on any atom is 0.416 e. The molecule has 0 saturated carbocycles. The number of sulfonamides is 1. The zero-order chi connectivity index (χ0) is 19.5. The summed E-state index contributed by atoms with van der Waals surface area (Å²) in [4.78, 5) is 3.52. The van der Waals surface area contributed by atoms with Gasteiger partial charge >= 0.3 is 6.18 Å². The Hall–Kier alpha value is -2.71. The van der Waals surface area contributed by atoms with Gasteiger partial charge in [-0.25, -0.2) is 13.1 Å². The van der Waals surface area contributed by atoms with E-state index < -0.39 is 26.7 Å². The first kappa shape index (κ1) is 19.1. The fourth-order valence-electron chi connectivity index (χ4n) is 2.51. The summed E-state index contributed by atoms with van der Waals surface area (Å²) >= 11 is 0. The van der Waals surface area contributed by atoms with Crippen molar-refractivity contribution in [1.29, 1.82) is 0 Å². The van der Waals surface area contributed by atoms with Gasteiger partial charge in [-0.3, -0.25) is 4.98 Å². The van der Waals surface area contributed by atoms with Crippen LogP contribution in [0.4, 0.5) is 13.2 Å². The highest BCUT2D eigenvalue weighted by Crippen LogP contribution is 2.30. The first-order chi connectivity index (χ1) is 12.8. The molecule has 0 radical (unpaired) electrons. The van der Waals surface area contributed by atoms with Crippen LogP contribution >= 0.6 is 0 Å². The number of nitrogens with zero attached hydrogens (tertiary/aromatic N) is 1. The fraction of sp³-hybridized carbons (Fsp3) is 0.105. The normalized spacial score (nSPS) is 12.1. The highest BCUT2D eigenvalue weighted by atomic mass is 32.2. The van der Waals surface area contributed by atoms with Crippen LogP contribution in [0.25, 0.3) is 11.1 Å². The van der Waals surface area contributed by atoms with Gasteiger partial charge < -0.3 is 0 Å². The van der Waals surface area contributed by atoms with E-state index in [0.717, 1.165) is 29.3 Å². The van der Waals surface area contributed by atoms with Crippen molar-refractivity contribution >= 4 is 10.0 Å². The molecule has 0 fully saturated rings. The summed E-state index contributed by atoms with van der Waals surface area (Å²) in [5.74, 6) is 0. The van der Waals surface area contributed by atoms with Crippen molar-refractivity contribution < 1.29 is 21.6 Å². The van der Waals surface area contributed by atoms with E-state index in [1.54, 1.807) is 24.5 Å². The maximum absolute atomic E-state index is 12.8. The van der Waals surface area contributed by atoms with E-state index in [9.17, 15) is 21.6 Å². The predicted octanol–water partition coefficient (Wildman–Crippen LogP) is 4.25. The number of hydrogen-bond donors (Lipinski definition) is 1. The molecule has 27 heavy (non-hydrogen) atoms. The standard InChI is InChI=1S/C19H15F3N2O2S/c20-19(21,22)17-5-2-6-18(12-17)27(25,26)24-13-14-3-1-4-16(11-14)15-7-9-23-10-8-15/h1-12,24H,13H2. The van der Waals surface area contributed by atoms with Crippen LogP contribution in [0.2, 0.25) is 0 Å². The quantitative estimate of drug-likeness (QED) is 0.706. The molecule has 0 aliphatic heterocycles. The number of halogens is 3. The number of alkyl halides is 3. The molecule has 1 heterocycles. The van der Waals surface area contributed by atoms with Gasteiger partial charge in [-0.15, -0.1) is 0 Å². The molecule has 2 aromatic carbocycles. The Morgan fingerprint density at radius 3 is 2.30 bits per heavy atom. The minimum atomic E-state index is -4.61. The molecule has 140 valence electrons. The van der Waals surface area contributed by atoms with Gasteiger partial charge in [-0.2, -0.15) is 13.2 Å². The Balaban J connectivity index is 1.78. The molecule has 0 amide bonds. The van der Waals surface area contributed by atoms with E-state index in [4.69, 9.17) is 0 Å². The minimum Gasteiger partial charge on any atom is -0.265 e. The zero-order valence-corrected chi connectivity index (χ0v) is 14.8. The summed E-state index contributed by atoms with van der Waals surface area (Å²) < 4.78 is 65.4. The lowest BCUT2D eigenvalue weighted by Gasteiger charge is -2.11. The number of rotatable bonds is 5. The Morgan fingerprint density at radius 2 is 1.59 bits per heavy atom. The summed E-state index contributed by atoms with van der Waals surface area (Å²) in [6.07, 6.45) is -1.30. The minimum absolute atomic E-state index is 0.0441. The van der Waals surface area contributed by atoms with E-state index in [2.05, 4.69) is 9.71 Å². The van der Waals surface area contributed by atoms with Gasteiger partial charge in [0.2, 0.25) is 10.0 Å². The molecule has 3 aromatic rings. The average Bonchev–Trinajstić information content (AvgIpc) is 2.67. The molecule has 8 heteroatoms. The molecule has 1 N–H and O–H groups in total. The topological polar surface area (TPSA) is 59.1 Å². The molecular weight excluding hydrogens is 377 g/mol. The van der Waals surface area contributed by atoms with E-state index in [-0.39, 0.29) is 6.54 Å². The van der Waals surface area contributed by atoms with Crippen LogP contribution in [0.5, 0.6) is 0 Å². The van der Waals surface area contributed by atoms with E-state index >= 15 is 0 Å². The van der Waals surface area contributed by atoms with Gasteiger partial charge in [0, 0.05) is 18.9 Å². The van der Waals surface area contributed by atoms with Crippen molar-refractivity contribution in [2.24, 2.45) is 0 Å². The van der Waals surface area contributed by atoms with Gasteiger partial charge in [-0.1, -0.05) is 24.3 Å². The number of aromatic nitrogens is 1. The summed E-state index contributed by atoms with van der Waals surface area (Å²) in [7, 11) is -4.08. The largest absolute Gasteiger partial charge is 0.416 e. The second-order valence-electron chi connectivity index (χ2n) is 5.79. The first-order valence-corrected chi connectivity index (χ1v) is 9.40. The van der Waals surface area contributed by atoms with Gasteiger partial charge in [0.1, 0.15) is 0 Å². The number of nitrogens with one attached hydrogen (secondary N) is 1. The Bertz CT molecular complexity index is 1040. The second-order valence-corrected chi connectivity index (χ2v) is 7.55. The monoisotopic (exact) mass is 392 g/mol. The summed E-state index contributed by atoms with van der Waals surface area (Å²) in [6, 6.07) is 14.5. The molecule has 0 aliphatic carbocycles. The molecule has 1 aromatic heterocycles. The molecule has 4 nitrogen and oxygen atoms in total. The van der Waals surface area contributed by atoms with Crippen molar-refractivity contribution in [3.63, 3.8) is 0 Å². The third-order valence-corrected chi connectivity index (χ3v) is 5.28. The van der Waals surface area contributed by atoms with Crippen molar-refractivity contribution in [2.75, 3.05) is 0 Å². The van der Waals surface area contributed by atoms with Gasteiger partial charge in [-0.05, 0) is 53.1 Å². The lowest BCUT2D eigenvalue weighted by molar-refractivity contribution is -0.137. The third kappa shape index (κ3) is 4.72. The molecule has 0 spiro atoms. The van der Waals surface area contributed by atoms with Crippen molar-refractivity contribution in [1.82, 2.24) is 9.71 Å². The van der Waals surface area contributed by atoms with Gasteiger partial charge in [0.05, 0.1) is 10.5 Å². The van der Waals surface area contributed by atoms with Crippen LogP contribution < -0.4 is 4.72 Å². The fourth-order valence-corrected chi connectivity index (χ4v) is 3.57. The maximum atomic E-state index is 12.8. The molecular formula is C19H15F3N2O2S. The molecule has 0 unspecified atom stereocenters. The van der Waals surface area contributed by atoms with Crippen molar-refractivity contribution in [2.45, 2.75) is 17.6 Å². The summed E-state index contributed by atoms with van der Waals surface area (Å²) in [5.41, 5.74) is 1.48. The second kappa shape index (κ2) is 7.50. The Labute approximate surface area is 154 Å². The highest BCUT2D eigenvalue weighted by Gasteiger charge is 2.31. The number of pyridine rings is 1. The molecule has 0 bridgehead atoms. The average molecular weight is 392 g/mol. The number of benzene rings is 2. The zero-order valence-electron chi connectivity index (χ0n) is 13.9. The highest BCUT2D eigenvalue weighted by molar-refractivity contribution is 7.89.